The van der Waals surface area contributed by atoms with Gasteiger partial charge in [-0.25, -0.2) is 4.79 Å². The third-order valence-electron chi connectivity index (χ3n) is 5.84. The van der Waals surface area contributed by atoms with Crippen molar-refractivity contribution in [2.75, 3.05) is 19.7 Å². The van der Waals surface area contributed by atoms with E-state index in [2.05, 4.69) is 67.3 Å². The number of aliphatic hydroxyl groups excluding tert-OH is 1. The first-order valence-electron chi connectivity index (χ1n) is 11.7. The molecule has 1 N–H and O–H groups in total. The fraction of sp³-hybridized carbons (Fsp3) is 0.519. The molecule has 0 bridgehead atoms. The molecule has 5 nitrogen and oxygen atoms in total. The van der Waals surface area contributed by atoms with Crippen LogP contribution >= 0.6 is 0 Å². The van der Waals surface area contributed by atoms with Gasteiger partial charge < -0.3 is 14.7 Å². The first-order chi connectivity index (χ1) is 15.2. The topological polar surface area (TPSA) is 53.0 Å². The van der Waals surface area contributed by atoms with Gasteiger partial charge in [-0.3, -0.25) is 4.90 Å². The van der Waals surface area contributed by atoms with Crippen molar-refractivity contribution in [3.63, 3.8) is 0 Å². The summed E-state index contributed by atoms with van der Waals surface area (Å²) in [4.78, 5) is 17.1. The molecule has 0 spiro atoms. The lowest BCUT2D eigenvalue weighted by Gasteiger charge is -2.38. The molecule has 0 radical (unpaired) electrons. The number of ether oxygens (including phenoxy) is 1. The normalized spacial score (nSPS) is 19.2. The minimum atomic E-state index is -0.566. The fourth-order valence-corrected chi connectivity index (χ4v) is 4.58. The van der Waals surface area contributed by atoms with Crippen LogP contribution in [0, 0.1) is 5.92 Å². The van der Waals surface area contributed by atoms with Gasteiger partial charge in [0.25, 0.3) is 0 Å². The smallest absolute Gasteiger partial charge is 0.410 e. The number of carbonyl (C=O) groups excluding carboxylic acids is 1. The van der Waals surface area contributed by atoms with Crippen LogP contribution in [-0.4, -0.2) is 58.4 Å². The standard InChI is InChI=1S/C27H38N2O3/c1-20(2)17-28(23-16-24(19-30)29(18-23)26(31)32-27(3,4)5)25(21-12-8-6-9-13-21)22-14-10-7-11-15-22/h6-15,20,23-25,30H,16-19H2,1-5H3. The molecule has 0 saturated carbocycles. The lowest BCUT2D eigenvalue weighted by molar-refractivity contribution is 0.0164. The van der Waals surface area contributed by atoms with E-state index < -0.39 is 5.60 Å². The van der Waals surface area contributed by atoms with Crippen LogP contribution in [0.5, 0.6) is 0 Å². The molecule has 1 aliphatic rings. The molecule has 1 heterocycles. The van der Waals surface area contributed by atoms with Crippen molar-refractivity contribution in [1.82, 2.24) is 9.80 Å². The van der Waals surface area contributed by atoms with Crippen LogP contribution in [0.2, 0.25) is 0 Å². The average Bonchev–Trinajstić information content (AvgIpc) is 3.18. The van der Waals surface area contributed by atoms with E-state index in [1.807, 2.05) is 32.9 Å². The van der Waals surface area contributed by atoms with E-state index in [9.17, 15) is 9.90 Å². The van der Waals surface area contributed by atoms with Gasteiger partial charge in [-0.05, 0) is 44.2 Å². The molecular formula is C27H38N2O3. The number of amides is 1. The molecule has 174 valence electrons. The molecule has 5 heteroatoms. The third-order valence-corrected chi connectivity index (χ3v) is 5.84. The number of carbonyl (C=O) groups is 1. The van der Waals surface area contributed by atoms with Gasteiger partial charge in [0.2, 0.25) is 0 Å². The zero-order valence-electron chi connectivity index (χ0n) is 20.1. The Bertz CT molecular complexity index is 809. The molecule has 2 unspecified atom stereocenters. The summed E-state index contributed by atoms with van der Waals surface area (Å²) in [6.45, 7) is 11.4. The van der Waals surface area contributed by atoms with Crippen molar-refractivity contribution in [2.24, 2.45) is 5.92 Å². The number of nitrogens with zero attached hydrogens (tertiary/aromatic N) is 2. The predicted octanol–water partition coefficient (Wildman–Crippen LogP) is 5.10. The second-order valence-electron chi connectivity index (χ2n) is 10.2. The van der Waals surface area contributed by atoms with Crippen molar-refractivity contribution in [3.8, 4) is 0 Å². The van der Waals surface area contributed by atoms with E-state index in [1.54, 1.807) is 4.90 Å². The highest BCUT2D eigenvalue weighted by Crippen LogP contribution is 2.35. The number of aliphatic hydroxyl groups is 1. The van der Waals surface area contributed by atoms with Crippen LogP contribution in [0.25, 0.3) is 0 Å². The minimum Gasteiger partial charge on any atom is -0.444 e. The van der Waals surface area contributed by atoms with Crippen molar-refractivity contribution in [3.05, 3.63) is 71.8 Å². The van der Waals surface area contributed by atoms with E-state index in [0.29, 0.717) is 12.5 Å². The number of hydrogen-bond acceptors (Lipinski definition) is 4. The Balaban J connectivity index is 1.96. The summed E-state index contributed by atoms with van der Waals surface area (Å²) in [5.74, 6) is 0.452. The van der Waals surface area contributed by atoms with Gasteiger partial charge in [0.1, 0.15) is 5.60 Å². The summed E-state index contributed by atoms with van der Waals surface area (Å²) in [5, 5.41) is 10.1. The van der Waals surface area contributed by atoms with Gasteiger partial charge in [0.05, 0.1) is 18.7 Å². The molecule has 0 aromatic heterocycles. The van der Waals surface area contributed by atoms with E-state index in [-0.39, 0.29) is 30.8 Å². The monoisotopic (exact) mass is 438 g/mol. The largest absolute Gasteiger partial charge is 0.444 e. The molecule has 32 heavy (non-hydrogen) atoms. The minimum absolute atomic E-state index is 0.0629. The van der Waals surface area contributed by atoms with Crippen LogP contribution in [0.4, 0.5) is 4.79 Å². The summed E-state index contributed by atoms with van der Waals surface area (Å²) in [5.41, 5.74) is 1.90. The van der Waals surface area contributed by atoms with Gasteiger partial charge in [-0.15, -0.1) is 0 Å². The highest BCUT2D eigenvalue weighted by Gasteiger charge is 2.42. The highest BCUT2D eigenvalue weighted by atomic mass is 16.6. The zero-order chi connectivity index (χ0) is 23.3. The first-order valence-corrected chi connectivity index (χ1v) is 11.7. The Labute approximate surface area is 193 Å². The number of benzene rings is 2. The average molecular weight is 439 g/mol. The van der Waals surface area contributed by atoms with Crippen LogP contribution in [0.3, 0.4) is 0 Å². The highest BCUT2D eigenvalue weighted by molar-refractivity contribution is 5.69. The van der Waals surface area contributed by atoms with Gasteiger partial charge in [0, 0.05) is 19.1 Å². The third kappa shape index (κ3) is 6.11. The molecule has 3 rings (SSSR count). The van der Waals surface area contributed by atoms with Gasteiger partial charge in [-0.2, -0.15) is 0 Å². The van der Waals surface area contributed by atoms with Gasteiger partial charge >= 0.3 is 6.09 Å². The van der Waals surface area contributed by atoms with E-state index in [0.717, 1.165) is 13.0 Å². The quantitative estimate of drug-likeness (QED) is 0.653. The van der Waals surface area contributed by atoms with Crippen molar-refractivity contribution >= 4 is 6.09 Å². The molecule has 0 aliphatic carbocycles. The molecule has 1 aliphatic heterocycles. The Morgan fingerprint density at radius 3 is 2.03 bits per heavy atom. The molecule has 1 amide bonds. The van der Waals surface area contributed by atoms with Crippen LogP contribution < -0.4 is 0 Å². The van der Waals surface area contributed by atoms with Gasteiger partial charge in [-0.1, -0.05) is 74.5 Å². The number of likely N-dealkylation sites (tertiary alicyclic amines) is 1. The first kappa shape index (κ1) is 24.3. The summed E-state index contributed by atoms with van der Waals surface area (Å²) < 4.78 is 5.65. The molecule has 1 fully saturated rings. The summed E-state index contributed by atoms with van der Waals surface area (Å²) >= 11 is 0. The Hall–Kier alpha value is -2.37. The molecule has 2 atom stereocenters. The van der Waals surface area contributed by atoms with Gasteiger partial charge in [0.15, 0.2) is 0 Å². The lowest BCUT2D eigenvalue weighted by atomic mass is 9.94. The molecule has 2 aromatic carbocycles. The maximum Gasteiger partial charge on any atom is 0.410 e. The van der Waals surface area contributed by atoms with Crippen molar-refractivity contribution in [2.45, 2.75) is 64.8 Å². The fourth-order valence-electron chi connectivity index (χ4n) is 4.58. The molecular weight excluding hydrogens is 400 g/mol. The number of rotatable bonds is 7. The summed E-state index contributed by atoms with van der Waals surface area (Å²) in [6, 6.07) is 21.1. The van der Waals surface area contributed by atoms with E-state index >= 15 is 0 Å². The Morgan fingerprint density at radius 2 is 1.59 bits per heavy atom. The van der Waals surface area contributed by atoms with Crippen LogP contribution in [-0.2, 0) is 4.74 Å². The maximum atomic E-state index is 12.9. The predicted molar refractivity (Wildman–Crippen MR) is 128 cm³/mol. The Kier molecular flexibility index (Phi) is 7.96. The lowest BCUT2D eigenvalue weighted by Crippen LogP contribution is -2.44. The van der Waals surface area contributed by atoms with E-state index in [1.165, 1.54) is 11.1 Å². The van der Waals surface area contributed by atoms with E-state index in [4.69, 9.17) is 4.74 Å². The van der Waals surface area contributed by atoms with Crippen LogP contribution in [0.15, 0.2) is 60.7 Å². The molecule has 2 aromatic rings. The van der Waals surface area contributed by atoms with Crippen LogP contribution in [0.1, 0.15) is 58.2 Å². The second kappa shape index (κ2) is 10.5. The Morgan fingerprint density at radius 1 is 1.06 bits per heavy atom. The second-order valence-corrected chi connectivity index (χ2v) is 10.2. The molecule has 1 saturated heterocycles. The SMILES string of the molecule is CC(C)CN(C1CC(CO)N(C(=O)OC(C)(C)C)C1)C(c1ccccc1)c1ccccc1. The summed E-state index contributed by atoms with van der Waals surface area (Å²) in [6.07, 6.45) is 0.373. The zero-order valence-corrected chi connectivity index (χ0v) is 20.1. The van der Waals surface area contributed by atoms with Crippen molar-refractivity contribution < 1.29 is 14.6 Å². The maximum absolute atomic E-state index is 12.9. The van der Waals surface area contributed by atoms with Crippen molar-refractivity contribution in [1.29, 1.82) is 0 Å². The number of hydrogen-bond donors (Lipinski definition) is 1. The summed E-state index contributed by atoms with van der Waals surface area (Å²) in [7, 11) is 0.